The van der Waals surface area contributed by atoms with Gasteiger partial charge in [-0.2, -0.15) is 0 Å². The Morgan fingerprint density at radius 1 is 1.04 bits per heavy atom. The first kappa shape index (κ1) is 20.9. The standard InChI is InChI=1S/C20H26N4O2S2/c21-28(25,26)19-10-8-18(9-11-19)22-20(27)24-15-13-23(14-16-24)12-4-7-17-5-2-1-3-6-17/h1-11,20,22,27H,12-16H2,(H2,21,25,26)/b7-4+. The van der Waals surface area contributed by atoms with E-state index in [1.165, 1.54) is 17.7 Å². The fraction of sp³-hybridized carbons (Fsp3) is 0.300. The highest BCUT2D eigenvalue weighted by atomic mass is 32.2. The van der Waals surface area contributed by atoms with Gasteiger partial charge in [-0.15, -0.1) is 12.6 Å². The van der Waals surface area contributed by atoms with Gasteiger partial charge in [-0.05, 0) is 29.8 Å². The summed E-state index contributed by atoms with van der Waals surface area (Å²) in [5.74, 6) is 0. The Labute approximate surface area is 172 Å². The summed E-state index contributed by atoms with van der Waals surface area (Å²) in [5.41, 5.74) is 1.89. The van der Waals surface area contributed by atoms with Crippen LogP contribution in [0.1, 0.15) is 5.56 Å². The molecule has 0 aromatic heterocycles. The number of nitrogens with two attached hydrogens (primary N) is 1. The molecule has 0 bridgehead atoms. The lowest BCUT2D eigenvalue weighted by molar-refractivity contribution is 0.141. The molecule has 0 radical (unpaired) electrons. The minimum atomic E-state index is -3.67. The van der Waals surface area contributed by atoms with Crippen LogP contribution in [0, 0.1) is 0 Å². The van der Waals surface area contributed by atoms with E-state index < -0.39 is 10.0 Å². The zero-order chi connectivity index (χ0) is 20.0. The lowest BCUT2D eigenvalue weighted by atomic mass is 10.2. The van der Waals surface area contributed by atoms with Crippen molar-refractivity contribution in [1.82, 2.24) is 9.80 Å². The molecule has 1 atom stereocenters. The quantitative estimate of drug-likeness (QED) is 0.475. The molecule has 1 unspecified atom stereocenters. The zero-order valence-electron chi connectivity index (χ0n) is 15.6. The van der Waals surface area contributed by atoms with Gasteiger partial charge in [-0.25, -0.2) is 13.6 Å². The summed E-state index contributed by atoms with van der Waals surface area (Å²) in [6.07, 6.45) is 4.36. The van der Waals surface area contributed by atoms with Crippen LogP contribution in [0.5, 0.6) is 0 Å². The van der Waals surface area contributed by atoms with Crippen LogP contribution in [0.4, 0.5) is 5.69 Å². The van der Waals surface area contributed by atoms with E-state index in [1.54, 1.807) is 12.1 Å². The van der Waals surface area contributed by atoms with Gasteiger partial charge in [0.2, 0.25) is 10.0 Å². The molecule has 1 aliphatic heterocycles. The summed E-state index contributed by atoms with van der Waals surface area (Å²) in [7, 11) is -3.67. The fourth-order valence-electron chi connectivity index (χ4n) is 3.07. The molecule has 0 spiro atoms. The largest absolute Gasteiger partial charge is 0.361 e. The number of primary sulfonamides is 1. The molecule has 3 rings (SSSR count). The molecule has 6 nitrogen and oxygen atoms in total. The summed E-state index contributed by atoms with van der Waals surface area (Å²) in [6, 6.07) is 16.7. The normalized spacial score (nSPS) is 17.6. The van der Waals surface area contributed by atoms with Crippen molar-refractivity contribution in [2.75, 3.05) is 38.0 Å². The monoisotopic (exact) mass is 418 g/mol. The van der Waals surface area contributed by atoms with Crippen LogP contribution >= 0.6 is 12.6 Å². The number of benzene rings is 2. The van der Waals surface area contributed by atoms with Crippen LogP contribution in [0.2, 0.25) is 0 Å². The van der Waals surface area contributed by atoms with E-state index >= 15 is 0 Å². The Balaban J connectivity index is 1.44. The first-order chi connectivity index (χ1) is 13.4. The van der Waals surface area contributed by atoms with Crippen molar-refractivity contribution in [3.05, 3.63) is 66.2 Å². The molecule has 1 fully saturated rings. The van der Waals surface area contributed by atoms with Crippen molar-refractivity contribution >= 4 is 34.4 Å². The van der Waals surface area contributed by atoms with Crippen LogP contribution in [0.15, 0.2) is 65.6 Å². The Hall–Kier alpha value is -1.84. The third kappa shape index (κ3) is 6.08. The Morgan fingerprint density at radius 2 is 1.68 bits per heavy atom. The summed E-state index contributed by atoms with van der Waals surface area (Å²) < 4.78 is 22.6. The van der Waals surface area contributed by atoms with Gasteiger partial charge in [0.25, 0.3) is 0 Å². The third-order valence-electron chi connectivity index (χ3n) is 4.70. The van der Waals surface area contributed by atoms with Gasteiger partial charge >= 0.3 is 0 Å². The third-order valence-corrected chi connectivity index (χ3v) is 6.09. The fourth-order valence-corrected chi connectivity index (χ4v) is 3.97. The molecule has 1 saturated heterocycles. The zero-order valence-corrected chi connectivity index (χ0v) is 17.3. The predicted octanol–water partition coefficient (Wildman–Crippen LogP) is 2.29. The number of nitrogens with one attached hydrogen (secondary N) is 1. The van der Waals surface area contributed by atoms with E-state index in [1.807, 2.05) is 18.2 Å². The Bertz CT molecular complexity index is 878. The molecule has 2 aromatic carbocycles. The molecule has 1 aliphatic rings. The maximum atomic E-state index is 11.3. The van der Waals surface area contributed by atoms with Crippen molar-refractivity contribution < 1.29 is 8.42 Å². The van der Waals surface area contributed by atoms with Gasteiger partial charge in [0.15, 0.2) is 0 Å². The number of piperazine rings is 1. The Morgan fingerprint density at radius 3 is 2.29 bits per heavy atom. The molecule has 28 heavy (non-hydrogen) atoms. The number of rotatable bonds is 7. The molecule has 0 saturated carbocycles. The van der Waals surface area contributed by atoms with Crippen LogP contribution in [-0.2, 0) is 10.0 Å². The van der Waals surface area contributed by atoms with Crippen LogP contribution in [0.25, 0.3) is 6.08 Å². The molecule has 3 N–H and O–H groups in total. The van der Waals surface area contributed by atoms with E-state index in [0.29, 0.717) is 0 Å². The first-order valence-corrected chi connectivity index (χ1v) is 11.2. The van der Waals surface area contributed by atoms with E-state index in [0.717, 1.165) is 38.4 Å². The Kier molecular flexibility index (Phi) is 7.14. The van der Waals surface area contributed by atoms with Crippen LogP contribution < -0.4 is 10.5 Å². The van der Waals surface area contributed by atoms with Crippen molar-refractivity contribution in [2.24, 2.45) is 5.14 Å². The highest BCUT2D eigenvalue weighted by Crippen LogP contribution is 2.17. The lowest BCUT2D eigenvalue weighted by Gasteiger charge is -2.37. The molecule has 0 aliphatic carbocycles. The van der Waals surface area contributed by atoms with Crippen molar-refractivity contribution in [2.45, 2.75) is 10.4 Å². The van der Waals surface area contributed by atoms with E-state index in [-0.39, 0.29) is 10.4 Å². The molecule has 0 amide bonds. The number of anilines is 1. The lowest BCUT2D eigenvalue weighted by Crippen LogP contribution is -2.50. The van der Waals surface area contributed by atoms with E-state index in [9.17, 15) is 8.42 Å². The van der Waals surface area contributed by atoms with Crippen molar-refractivity contribution in [3.8, 4) is 0 Å². The minimum Gasteiger partial charge on any atom is -0.361 e. The maximum Gasteiger partial charge on any atom is 0.238 e. The summed E-state index contributed by atoms with van der Waals surface area (Å²) >= 11 is 4.65. The van der Waals surface area contributed by atoms with Gasteiger partial charge in [-0.1, -0.05) is 42.5 Å². The minimum absolute atomic E-state index is 0.103. The summed E-state index contributed by atoms with van der Waals surface area (Å²) in [5, 5.41) is 8.42. The molecule has 8 heteroatoms. The second-order valence-electron chi connectivity index (χ2n) is 6.74. The average molecular weight is 419 g/mol. The van der Waals surface area contributed by atoms with Crippen LogP contribution in [-0.4, -0.2) is 56.4 Å². The predicted molar refractivity (Wildman–Crippen MR) is 118 cm³/mol. The number of nitrogens with zero attached hydrogens (tertiary/aromatic N) is 2. The number of hydrogen-bond donors (Lipinski definition) is 3. The van der Waals surface area contributed by atoms with Gasteiger partial charge in [0, 0.05) is 38.4 Å². The smallest absolute Gasteiger partial charge is 0.238 e. The van der Waals surface area contributed by atoms with E-state index in [4.69, 9.17) is 5.14 Å². The second-order valence-corrected chi connectivity index (χ2v) is 8.79. The maximum absolute atomic E-state index is 11.3. The molecular weight excluding hydrogens is 392 g/mol. The second kappa shape index (κ2) is 9.58. The summed E-state index contributed by atoms with van der Waals surface area (Å²) in [4.78, 5) is 4.77. The van der Waals surface area contributed by atoms with Crippen molar-refractivity contribution in [3.63, 3.8) is 0 Å². The van der Waals surface area contributed by atoms with Gasteiger partial charge < -0.3 is 5.32 Å². The molecule has 150 valence electrons. The summed E-state index contributed by atoms with van der Waals surface area (Å²) in [6.45, 7) is 4.71. The molecular formula is C20H26N4O2S2. The number of hydrogen-bond acceptors (Lipinski definition) is 6. The number of thiol groups is 1. The highest BCUT2D eigenvalue weighted by molar-refractivity contribution is 7.89. The van der Waals surface area contributed by atoms with Crippen LogP contribution in [0.3, 0.4) is 0 Å². The SMILES string of the molecule is NS(=O)(=O)c1ccc(NC(S)N2CCN(C/C=C/c3ccccc3)CC2)cc1. The van der Waals surface area contributed by atoms with Crippen molar-refractivity contribution in [1.29, 1.82) is 0 Å². The first-order valence-electron chi connectivity index (χ1n) is 9.17. The van der Waals surface area contributed by atoms with Gasteiger partial charge in [0.05, 0.1) is 4.90 Å². The molecule has 2 aromatic rings. The topological polar surface area (TPSA) is 78.7 Å². The number of sulfonamides is 1. The molecule has 1 heterocycles. The van der Waals surface area contributed by atoms with Gasteiger partial charge in [0.1, 0.15) is 5.50 Å². The van der Waals surface area contributed by atoms with Gasteiger partial charge in [-0.3, -0.25) is 9.80 Å². The van der Waals surface area contributed by atoms with E-state index in [2.05, 4.69) is 52.0 Å². The average Bonchev–Trinajstić information content (AvgIpc) is 2.69. The highest BCUT2D eigenvalue weighted by Gasteiger charge is 2.21.